The molecule has 3 aromatic rings. The minimum absolute atomic E-state index is 0.0348. The van der Waals surface area contributed by atoms with Crippen LogP contribution in [0.15, 0.2) is 53.1 Å². The lowest BCUT2D eigenvalue weighted by Crippen LogP contribution is -2.11. The fourth-order valence-corrected chi connectivity index (χ4v) is 3.73. The summed E-state index contributed by atoms with van der Waals surface area (Å²) in [6.45, 7) is 1.97. The van der Waals surface area contributed by atoms with Crippen LogP contribution in [0.25, 0.3) is 5.69 Å². The van der Waals surface area contributed by atoms with Crippen LogP contribution in [0.3, 0.4) is 0 Å². The molecule has 0 aliphatic heterocycles. The van der Waals surface area contributed by atoms with Crippen LogP contribution >= 0.6 is 11.3 Å². The van der Waals surface area contributed by atoms with Crippen molar-refractivity contribution in [2.45, 2.75) is 17.2 Å². The SMILES string of the molecule is CC(Nc1ncc(S(N)(=O)=O)s1)c1ccccc1-n1cccn1. The normalized spacial score (nSPS) is 13.0. The van der Waals surface area contributed by atoms with Gasteiger partial charge < -0.3 is 5.32 Å². The van der Waals surface area contributed by atoms with Gasteiger partial charge in [0, 0.05) is 12.4 Å². The Kier molecular flexibility index (Phi) is 4.16. The highest BCUT2D eigenvalue weighted by Gasteiger charge is 2.16. The molecule has 0 fully saturated rings. The van der Waals surface area contributed by atoms with Gasteiger partial charge in [-0.25, -0.2) is 23.2 Å². The summed E-state index contributed by atoms with van der Waals surface area (Å²) in [4.78, 5) is 4.07. The Hall–Kier alpha value is -2.23. The van der Waals surface area contributed by atoms with Crippen molar-refractivity contribution in [2.75, 3.05) is 5.32 Å². The van der Waals surface area contributed by atoms with Crippen molar-refractivity contribution in [2.24, 2.45) is 5.14 Å². The standard InChI is InChI=1S/C14H15N5O2S2/c1-10(18-14-16-9-13(22-14)23(15,20)21)11-5-2-3-6-12(11)19-8-4-7-17-19/h2-10H,1H3,(H,16,18)(H2,15,20,21). The van der Waals surface area contributed by atoms with Crippen molar-refractivity contribution in [1.82, 2.24) is 14.8 Å². The summed E-state index contributed by atoms with van der Waals surface area (Å²) in [5.74, 6) is 0. The van der Waals surface area contributed by atoms with Crippen molar-refractivity contribution >= 4 is 26.5 Å². The molecule has 120 valence electrons. The number of benzene rings is 1. The molecule has 0 aliphatic carbocycles. The molecular weight excluding hydrogens is 334 g/mol. The molecule has 3 rings (SSSR count). The van der Waals surface area contributed by atoms with E-state index in [0.717, 1.165) is 22.6 Å². The molecule has 1 atom stereocenters. The Balaban J connectivity index is 1.87. The Morgan fingerprint density at radius 2 is 2.09 bits per heavy atom. The number of sulfonamides is 1. The average Bonchev–Trinajstić information content (AvgIpc) is 3.18. The highest BCUT2D eigenvalue weighted by atomic mass is 32.2. The fourth-order valence-electron chi connectivity index (χ4n) is 2.19. The quantitative estimate of drug-likeness (QED) is 0.734. The van der Waals surface area contributed by atoms with Crippen molar-refractivity contribution in [1.29, 1.82) is 0 Å². The van der Waals surface area contributed by atoms with E-state index in [1.165, 1.54) is 6.20 Å². The minimum atomic E-state index is -3.72. The molecule has 0 spiro atoms. The number of hydrogen-bond acceptors (Lipinski definition) is 6. The second-order valence-electron chi connectivity index (χ2n) is 4.90. The van der Waals surface area contributed by atoms with Gasteiger partial charge in [-0.2, -0.15) is 5.10 Å². The van der Waals surface area contributed by atoms with Crippen LogP contribution in [0.5, 0.6) is 0 Å². The van der Waals surface area contributed by atoms with E-state index >= 15 is 0 Å². The first-order valence-corrected chi connectivity index (χ1v) is 9.15. The first kappa shape index (κ1) is 15.7. The molecule has 0 aliphatic rings. The number of nitrogens with zero attached hydrogens (tertiary/aromatic N) is 3. The molecule has 0 bridgehead atoms. The van der Waals surface area contributed by atoms with Gasteiger partial charge in [0.2, 0.25) is 10.0 Å². The Bertz CT molecular complexity index is 903. The molecule has 7 nitrogen and oxygen atoms in total. The summed E-state index contributed by atoms with van der Waals surface area (Å²) in [5, 5.41) is 13.1. The van der Waals surface area contributed by atoms with Crippen LogP contribution < -0.4 is 10.5 Å². The van der Waals surface area contributed by atoms with Crippen molar-refractivity contribution in [3.63, 3.8) is 0 Å². The third-order valence-electron chi connectivity index (χ3n) is 3.26. The van der Waals surface area contributed by atoms with Gasteiger partial charge in [0.05, 0.1) is 17.9 Å². The Morgan fingerprint density at radius 1 is 1.30 bits per heavy atom. The molecule has 2 aromatic heterocycles. The molecular formula is C14H15N5O2S2. The third kappa shape index (κ3) is 3.41. The molecule has 0 amide bonds. The number of para-hydroxylation sites is 1. The van der Waals surface area contributed by atoms with Gasteiger partial charge in [0.15, 0.2) is 9.34 Å². The maximum Gasteiger partial charge on any atom is 0.249 e. The molecule has 9 heteroatoms. The van der Waals surface area contributed by atoms with Gasteiger partial charge in [-0.05, 0) is 24.6 Å². The second kappa shape index (κ2) is 6.11. The van der Waals surface area contributed by atoms with Crippen LogP contribution in [0.4, 0.5) is 5.13 Å². The minimum Gasteiger partial charge on any atom is -0.355 e. The number of primary sulfonamides is 1. The highest BCUT2D eigenvalue weighted by Crippen LogP contribution is 2.28. The van der Waals surface area contributed by atoms with E-state index in [1.54, 1.807) is 10.9 Å². The number of rotatable bonds is 5. The second-order valence-corrected chi connectivity index (χ2v) is 7.72. The molecule has 1 unspecified atom stereocenters. The van der Waals surface area contributed by atoms with Crippen LogP contribution in [-0.4, -0.2) is 23.2 Å². The number of nitrogens with one attached hydrogen (secondary N) is 1. The van der Waals surface area contributed by atoms with E-state index in [1.807, 2.05) is 43.5 Å². The first-order valence-electron chi connectivity index (χ1n) is 6.79. The number of anilines is 1. The lowest BCUT2D eigenvalue weighted by molar-refractivity contribution is 0.599. The monoisotopic (exact) mass is 349 g/mol. The fraction of sp³-hybridized carbons (Fsp3) is 0.143. The topological polar surface area (TPSA) is 103 Å². The van der Waals surface area contributed by atoms with E-state index in [4.69, 9.17) is 5.14 Å². The average molecular weight is 349 g/mol. The highest BCUT2D eigenvalue weighted by molar-refractivity contribution is 7.91. The maximum absolute atomic E-state index is 11.3. The molecule has 0 saturated heterocycles. The first-order chi connectivity index (χ1) is 10.9. The van der Waals surface area contributed by atoms with Crippen LogP contribution in [-0.2, 0) is 10.0 Å². The Morgan fingerprint density at radius 3 is 2.74 bits per heavy atom. The zero-order valence-electron chi connectivity index (χ0n) is 12.2. The summed E-state index contributed by atoms with van der Waals surface area (Å²) < 4.78 is 24.5. The van der Waals surface area contributed by atoms with E-state index < -0.39 is 10.0 Å². The lowest BCUT2D eigenvalue weighted by atomic mass is 10.1. The van der Waals surface area contributed by atoms with Crippen molar-refractivity contribution in [3.05, 3.63) is 54.5 Å². The van der Waals surface area contributed by atoms with Gasteiger partial charge in [-0.1, -0.05) is 29.5 Å². The van der Waals surface area contributed by atoms with Crippen molar-refractivity contribution in [3.8, 4) is 5.69 Å². The molecule has 0 saturated carbocycles. The number of nitrogens with two attached hydrogens (primary N) is 1. The van der Waals surface area contributed by atoms with E-state index in [9.17, 15) is 8.42 Å². The molecule has 23 heavy (non-hydrogen) atoms. The Labute approximate surface area is 137 Å². The lowest BCUT2D eigenvalue weighted by Gasteiger charge is -2.17. The zero-order valence-corrected chi connectivity index (χ0v) is 13.9. The third-order valence-corrected chi connectivity index (χ3v) is 5.60. The van der Waals surface area contributed by atoms with E-state index in [2.05, 4.69) is 15.4 Å². The van der Waals surface area contributed by atoms with E-state index in [0.29, 0.717) is 5.13 Å². The smallest absolute Gasteiger partial charge is 0.249 e. The summed E-state index contributed by atoms with van der Waals surface area (Å²) in [5.41, 5.74) is 1.96. The molecule has 3 N–H and O–H groups in total. The van der Waals surface area contributed by atoms with E-state index in [-0.39, 0.29) is 10.3 Å². The summed E-state index contributed by atoms with van der Waals surface area (Å²) in [6, 6.07) is 9.61. The largest absolute Gasteiger partial charge is 0.355 e. The van der Waals surface area contributed by atoms with Gasteiger partial charge in [-0.3, -0.25) is 0 Å². The predicted molar refractivity (Wildman–Crippen MR) is 89.1 cm³/mol. The molecule has 1 aromatic carbocycles. The zero-order chi connectivity index (χ0) is 16.4. The van der Waals surface area contributed by atoms with Gasteiger partial charge in [0.1, 0.15) is 0 Å². The summed E-state index contributed by atoms with van der Waals surface area (Å²) in [6.07, 6.45) is 4.84. The van der Waals surface area contributed by atoms with Crippen molar-refractivity contribution < 1.29 is 8.42 Å². The van der Waals surface area contributed by atoms with Gasteiger partial charge in [0.25, 0.3) is 0 Å². The number of hydrogen-bond donors (Lipinski definition) is 2. The number of thiazole rings is 1. The molecule has 0 radical (unpaired) electrons. The number of aromatic nitrogens is 3. The maximum atomic E-state index is 11.3. The van der Waals surface area contributed by atoms with Crippen LogP contribution in [0.2, 0.25) is 0 Å². The van der Waals surface area contributed by atoms with Gasteiger partial charge in [-0.15, -0.1) is 0 Å². The van der Waals surface area contributed by atoms with Gasteiger partial charge >= 0.3 is 0 Å². The predicted octanol–water partition coefficient (Wildman–Crippen LogP) is 2.15. The summed E-state index contributed by atoms with van der Waals surface area (Å²) >= 11 is 1.01. The summed E-state index contributed by atoms with van der Waals surface area (Å²) in [7, 11) is -3.72. The van der Waals surface area contributed by atoms with Crippen LogP contribution in [0, 0.1) is 0 Å². The van der Waals surface area contributed by atoms with Crippen LogP contribution in [0.1, 0.15) is 18.5 Å². The molecule has 2 heterocycles.